The van der Waals surface area contributed by atoms with Gasteiger partial charge in [0.2, 0.25) is 0 Å². The molecule has 1 aromatic rings. The molecule has 4 heteroatoms. The predicted octanol–water partition coefficient (Wildman–Crippen LogP) is 1.51. The standard InChI is InChI=1S/C11H22N4/c1-5-6-10-13-11(15(4)14-10)8-12-7-9(2)3/h9,12H,5-8H2,1-4H3. The predicted molar refractivity (Wildman–Crippen MR) is 61.5 cm³/mol. The van der Waals surface area contributed by atoms with Gasteiger partial charge in [-0.2, -0.15) is 5.10 Å². The highest BCUT2D eigenvalue weighted by atomic mass is 15.3. The van der Waals surface area contributed by atoms with Crippen molar-refractivity contribution in [3.8, 4) is 0 Å². The van der Waals surface area contributed by atoms with E-state index < -0.39 is 0 Å². The van der Waals surface area contributed by atoms with E-state index in [1.54, 1.807) is 0 Å². The molecule has 86 valence electrons. The third-order valence-corrected chi connectivity index (χ3v) is 2.21. The van der Waals surface area contributed by atoms with E-state index in [1.165, 1.54) is 0 Å². The number of nitrogens with zero attached hydrogens (tertiary/aromatic N) is 3. The Morgan fingerprint density at radius 2 is 2.13 bits per heavy atom. The Labute approximate surface area is 92.1 Å². The fourth-order valence-electron chi connectivity index (χ4n) is 1.43. The van der Waals surface area contributed by atoms with Crippen molar-refractivity contribution < 1.29 is 0 Å². The number of hydrogen-bond donors (Lipinski definition) is 1. The molecule has 0 spiro atoms. The fraction of sp³-hybridized carbons (Fsp3) is 0.818. The molecular formula is C11H22N4. The summed E-state index contributed by atoms with van der Waals surface area (Å²) in [6.07, 6.45) is 2.07. The number of aryl methyl sites for hydroxylation is 2. The lowest BCUT2D eigenvalue weighted by molar-refractivity contribution is 0.531. The summed E-state index contributed by atoms with van der Waals surface area (Å²) in [5, 5.41) is 7.74. The van der Waals surface area contributed by atoms with Crippen molar-refractivity contribution in [1.82, 2.24) is 20.1 Å². The SMILES string of the molecule is CCCc1nc(CNCC(C)C)n(C)n1. The lowest BCUT2D eigenvalue weighted by Crippen LogP contribution is -2.21. The molecule has 0 bridgehead atoms. The lowest BCUT2D eigenvalue weighted by atomic mass is 10.2. The number of hydrogen-bond acceptors (Lipinski definition) is 3. The molecule has 15 heavy (non-hydrogen) atoms. The molecule has 0 saturated carbocycles. The Bertz CT molecular complexity index is 291. The molecule has 4 nitrogen and oxygen atoms in total. The van der Waals surface area contributed by atoms with Crippen LogP contribution in [0, 0.1) is 5.92 Å². The minimum absolute atomic E-state index is 0.674. The first-order valence-corrected chi connectivity index (χ1v) is 5.73. The van der Waals surface area contributed by atoms with Crippen molar-refractivity contribution in [3.63, 3.8) is 0 Å². The van der Waals surface area contributed by atoms with Gasteiger partial charge in [0.05, 0.1) is 6.54 Å². The van der Waals surface area contributed by atoms with Gasteiger partial charge in [0.15, 0.2) is 5.82 Å². The zero-order chi connectivity index (χ0) is 11.3. The van der Waals surface area contributed by atoms with Crippen LogP contribution in [0.1, 0.15) is 38.8 Å². The maximum atomic E-state index is 4.49. The van der Waals surface area contributed by atoms with E-state index in [-0.39, 0.29) is 0 Å². The third-order valence-electron chi connectivity index (χ3n) is 2.21. The summed E-state index contributed by atoms with van der Waals surface area (Å²) in [5.41, 5.74) is 0. The molecule has 1 aromatic heterocycles. The maximum absolute atomic E-state index is 4.49. The molecule has 0 aliphatic carbocycles. The van der Waals surface area contributed by atoms with Gasteiger partial charge in [-0.3, -0.25) is 4.68 Å². The van der Waals surface area contributed by atoms with E-state index in [2.05, 4.69) is 36.2 Å². The van der Waals surface area contributed by atoms with E-state index in [0.717, 1.165) is 37.6 Å². The highest BCUT2D eigenvalue weighted by molar-refractivity contribution is 4.92. The molecule has 0 radical (unpaired) electrons. The number of nitrogens with one attached hydrogen (secondary N) is 1. The third kappa shape index (κ3) is 4.00. The Kier molecular flexibility index (Phi) is 4.75. The largest absolute Gasteiger partial charge is 0.310 e. The van der Waals surface area contributed by atoms with Crippen LogP contribution in [0.15, 0.2) is 0 Å². The van der Waals surface area contributed by atoms with Crippen molar-refractivity contribution in [2.24, 2.45) is 13.0 Å². The minimum Gasteiger partial charge on any atom is -0.310 e. The monoisotopic (exact) mass is 210 g/mol. The van der Waals surface area contributed by atoms with Crippen molar-refractivity contribution in [2.45, 2.75) is 40.2 Å². The van der Waals surface area contributed by atoms with E-state index in [4.69, 9.17) is 0 Å². The second-order valence-electron chi connectivity index (χ2n) is 4.34. The quantitative estimate of drug-likeness (QED) is 0.774. The summed E-state index contributed by atoms with van der Waals surface area (Å²) in [5.74, 6) is 2.66. The highest BCUT2D eigenvalue weighted by Gasteiger charge is 2.05. The molecule has 0 atom stereocenters. The first kappa shape index (κ1) is 12.2. The molecule has 1 heterocycles. The van der Waals surface area contributed by atoms with Gasteiger partial charge in [0.1, 0.15) is 5.82 Å². The average Bonchev–Trinajstić information content (AvgIpc) is 2.47. The smallest absolute Gasteiger partial charge is 0.150 e. The van der Waals surface area contributed by atoms with Crippen molar-refractivity contribution >= 4 is 0 Å². The van der Waals surface area contributed by atoms with Crippen LogP contribution in [-0.2, 0) is 20.0 Å². The van der Waals surface area contributed by atoms with Crippen molar-refractivity contribution in [2.75, 3.05) is 6.54 Å². The zero-order valence-corrected chi connectivity index (χ0v) is 10.2. The molecular weight excluding hydrogens is 188 g/mol. The first-order valence-electron chi connectivity index (χ1n) is 5.73. The number of rotatable bonds is 6. The fourth-order valence-corrected chi connectivity index (χ4v) is 1.43. The van der Waals surface area contributed by atoms with E-state index >= 15 is 0 Å². The molecule has 1 rings (SSSR count). The van der Waals surface area contributed by atoms with Gasteiger partial charge in [-0.05, 0) is 18.9 Å². The molecule has 0 fully saturated rings. The average molecular weight is 210 g/mol. The summed E-state index contributed by atoms with van der Waals surface area (Å²) < 4.78 is 1.87. The number of aromatic nitrogens is 3. The molecule has 0 aliphatic heterocycles. The summed E-state index contributed by atoms with van der Waals surface area (Å²) >= 11 is 0. The summed E-state index contributed by atoms with van der Waals surface area (Å²) in [6.45, 7) is 8.38. The van der Waals surface area contributed by atoms with E-state index in [0.29, 0.717) is 5.92 Å². The van der Waals surface area contributed by atoms with Crippen LogP contribution in [0.25, 0.3) is 0 Å². The summed E-state index contributed by atoms with van der Waals surface area (Å²) in [6, 6.07) is 0. The van der Waals surface area contributed by atoms with Crippen LogP contribution < -0.4 is 5.32 Å². The normalized spacial score (nSPS) is 11.3. The first-order chi connectivity index (χ1) is 7.13. The van der Waals surface area contributed by atoms with E-state index in [9.17, 15) is 0 Å². The van der Waals surface area contributed by atoms with Crippen LogP contribution in [0.5, 0.6) is 0 Å². The van der Waals surface area contributed by atoms with Crippen LogP contribution >= 0.6 is 0 Å². The molecule has 0 amide bonds. The highest BCUT2D eigenvalue weighted by Crippen LogP contribution is 2.00. The van der Waals surface area contributed by atoms with Gasteiger partial charge in [-0.1, -0.05) is 20.8 Å². The van der Waals surface area contributed by atoms with Crippen LogP contribution in [0.4, 0.5) is 0 Å². The van der Waals surface area contributed by atoms with Crippen LogP contribution in [0.2, 0.25) is 0 Å². The second kappa shape index (κ2) is 5.85. The maximum Gasteiger partial charge on any atom is 0.150 e. The van der Waals surface area contributed by atoms with Gasteiger partial charge in [0, 0.05) is 13.5 Å². The van der Waals surface area contributed by atoms with Gasteiger partial charge < -0.3 is 5.32 Å². The summed E-state index contributed by atoms with van der Waals surface area (Å²) in [7, 11) is 1.96. The lowest BCUT2D eigenvalue weighted by Gasteiger charge is -2.05. The molecule has 0 unspecified atom stereocenters. The van der Waals surface area contributed by atoms with Gasteiger partial charge >= 0.3 is 0 Å². The second-order valence-corrected chi connectivity index (χ2v) is 4.34. The van der Waals surface area contributed by atoms with Gasteiger partial charge in [-0.15, -0.1) is 0 Å². The topological polar surface area (TPSA) is 42.7 Å². The van der Waals surface area contributed by atoms with Gasteiger partial charge in [0.25, 0.3) is 0 Å². The summed E-state index contributed by atoms with van der Waals surface area (Å²) in [4.78, 5) is 4.49. The Hall–Kier alpha value is -0.900. The van der Waals surface area contributed by atoms with Crippen LogP contribution in [-0.4, -0.2) is 21.3 Å². The van der Waals surface area contributed by atoms with Crippen molar-refractivity contribution in [3.05, 3.63) is 11.6 Å². The van der Waals surface area contributed by atoms with Gasteiger partial charge in [-0.25, -0.2) is 4.98 Å². The van der Waals surface area contributed by atoms with Crippen LogP contribution in [0.3, 0.4) is 0 Å². The molecule has 0 aliphatic rings. The zero-order valence-electron chi connectivity index (χ0n) is 10.2. The van der Waals surface area contributed by atoms with E-state index in [1.807, 2.05) is 11.7 Å². The molecule has 0 saturated heterocycles. The minimum atomic E-state index is 0.674. The Morgan fingerprint density at radius 1 is 1.40 bits per heavy atom. The Morgan fingerprint density at radius 3 is 2.73 bits per heavy atom. The Balaban J connectivity index is 2.46. The molecule has 1 N–H and O–H groups in total. The molecule has 0 aromatic carbocycles. The van der Waals surface area contributed by atoms with Crippen molar-refractivity contribution in [1.29, 1.82) is 0 Å².